The van der Waals surface area contributed by atoms with Crippen molar-refractivity contribution in [2.24, 2.45) is 0 Å². The fourth-order valence-electron chi connectivity index (χ4n) is 3.02. The number of anilines is 1. The Hall–Kier alpha value is -2.68. The molecule has 0 spiro atoms. The first kappa shape index (κ1) is 18.1. The molecule has 0 unspecified atom stereocenters. The van der Waals surface area contributed by atoms with Crippen LogP contribution < -0.4 is 15.0 Å². The number of piperidine rings is 1. The van der Waals surface area contributed by atoms with Crippen molar-refractivity contribution in [2.45, 2.75) is 18.9 Å². The quantitative estimate of drug-likeness (QED) is 0.637. The average molecular weight is 379 g/mol. The molecule has 0 radical (unpaired) electrons. The van der Waals surface area contributed by atoms with Crippen LogP contribution in [-0.2, 0) is 0 Å². The summed E-state index contributed by atoms with van der Waals surface area (Å²) in [6.45, 7) is 1.04. The molecule has 1 fully saturated rings. The number of nitrogens with zero attached hydrogens (tertiary/aromatic N) is 2. The average Bonchev–Trinajstić information content (AvgIpc) is 3.17. The first-order valence-corrected chi connectivity index (χ1v) is 9.04. The van der Waals surface area contributed by atoms with Crippen LogP contribution >= 0.6 is 11.3 Å². The number of nitrogens with one attached hydrogen (secondary N) is 1. The number of nitro benzene ring substituents is 1. The Morgan fingerprint density at radius 1 is 1.42 bits per heavy atom. The van der Waals surface area contributed by atoms with Crippen LogP contribution in [0.4, 0.5) is 15.8 Å². The van der Waals surface area contributed by atoms with Crippen LogP contribution in [0.5, 0.6) is 5.75 Å². The predicted octanol–water partition coefficient (Wildman–Crippen LogP) is 3.20. The molecule has 1 aliphatic rings. The Labute approximate surface area is 153 Å². The van der Waals surface area contributed by atoms with Gasteiger partial charge in [0.1, 0.15) is 5.69 Å². The number of ether oxygens (including phenoxy) is 1. The normalized spacial score (nSPS) is 14.9. The van der Waals surface area contributed by atoms with Gasteiger partial charge in [-0.1, -0.05) is 0 Å². The van der Waals surface area contributed by atoms with E-state index < -0.39 is 10.7 Å². The first-order chi connectivity index (χ1) is 12.5. The molecule has 1 saturated heterocycles. The van der Waals surface area contributed by atoms with E-state index in [1.165, 1.54) is 24.5 Å². The van der Waals surface area contributed by atoms with E-state index in [2.05, 4.69) is 5.32 Å². The summed E-state index contributed by atoms with van der Waals surface area (Å²) in [6, 6.07) is 4.01. The summed E-state index contributed by atoms with van der Waals surface area (Å²) in [6.07, 6.45) is 1.29. The summed E-state index contributed by atoms with van der Waals surface area (Å²) < 4.78 is 18.7. The van der Waals surface area contributed by atoms with Crippen molar-refractivity contribution in [2.75, 3.05) is 25.1 Å². The third-order valence-electron chi connectivity index (χ3n) is 4.40. The van der Waals surface area contributed by atoms with Crippen molar-refractivity contribution in [1.82, 2.24) is 5.32 Å². The molecule has 26 heavy (non-hydrogen) atoms. The molecule has 1 aliphatic heterocycles. The Kier molecular flexibility index (Phi) is 5.36. The molecule has 0 saturated carbocycles. The molecule has 2 heterocycles. The lowest BCUT2D eigenvalue weighted by Crippen LogP contribution is -2.44. The molecular formula is C17H18FN3O4S. The monoisotopic (exact) mass is 379 g/mol. The minimum Gasteiger partial charge on any atom is -0.494 e. The number of nitro groups is 1. The van der Waals surface area contributed by atoms with Gasteiger partial charge in [0, 0.05) is 36.1 Å². The Bertz CT molecular complexity index is 805. The van der Waals surface area contributed by atoms with Crippen molar-refractivity contribution in [3.63, 3.8) is 0 Å². The van der Waals surface area contributed by atoms with Gasteiger partial charge in [-0.2, -0.15) is 11.3 Å². The van der Waals surface area contributed by atoms with Gasteiger partial charge in [0.2, 0.25) is 0 Å². The molecule has 1 aromatic carbocycles. The number of methoxy groups -OCH3 is 1. The molecule has 0 atom stereocenters. The van der Waals surface area contributed by atoms with E-state index in [-0.39, 0.29) is 23.4 Å². The summed E-state index contributed by atoms with van der Waals surface area (Å²) in [5, 5.41) is 17.9. The number of thiophene rings is 1. The molecule has 3 rings (SSSR count). The van der Waals surface area contributed by atoms with Gasteiger partial charge in [-0.15, -0.1) is 0 Å². The summed E-state index contributed by atoms with van der Waals surface area (Å²) >= 11 is 1.46. The molecule has 2 aromatic rings. The molecule has 1 N–H and O–H groups in total. The van der Waals surface area contributed by atoms with Gasteiger partial charge in [-0.05, 0) is 24.3 Å². The van der Waals surface area contributed by atoms with Crippen LogP contribution in [0.1, 0.15) is 23.2 Å². The Balaban J connectivity index is 1.69. The second-order valence-electron chi connectivity index (χ2n) is 5.98. The van der Waals surface area contributed by atoms with E-state index in [1.54, 1.807) is 11.4 Å². The van der Waals surface area contributed by atoms with Crippen LogP contribution in [-0.4, -0.2) is 37.1 Å². The third-order valence-corrected chi connectivity index (χ3v) is 5.08. The van der Waals surface area contributed by atoms with Crippen LogP contribution in [0, 0.1) is 15.9 Å². The van der Waals surface area contributed by atoms with Gasteiger partial charge >= 0.3 is 0 Å². The van der Waals surface area contributed by atoms with Crippen molar-refractivity contribution in [1.29, 1.82) is 0 Å². The largest absolute Gasteiger partial charge is 0.494 e. The molecule has 0 aliphatic carbocycles. The molecule has 7 nitrogen and oxygen atoms in total. The summed E-state index contributed by atoms with van der Waals surface area (Å²) in [5.41, 5.74) is 0.677. The van der Waals surface area contributed by atoms with E-state index in [4.69, 9.17) is 4.74 Å². The molecule has 0 bridgehead atoms. The zero-order chi connectivity index (χ0) is 18.7. The number of rotatable bonds is 5. The highest BCUT2D eigenvalue weighted by Gasteiger charge is 2.28. The van der Waals surface area contributed by atoms with Gasteiger partial charge in [-0.3, -0.25) is 14.9 Å². The van der Waals surface area contributed by atoms with Crippen molar-refractivity contribution >= 4 is 28.6 Å². The maximum atomic E-state index is 13.8. The minimum atomic E-state index is -0.763. The second kappa shape index (κ2) is 7.69. The fourth-order valence-corrected chi connectivity index (χ4v) is 3.65. The Morgan fingerprint density at radius 3 is 2.73 bits per heavy atom. The second-order valence-corrected chi connectivity index (χ2v) is 6.76. The van der Waals surface area contributed by atoms with Gasteiger partial charge < -0.3 is 15.0 Å². The predicted molar refractivity (Wildman–Crippen MR) is 96.6 cm³/mol. The lowest BCUT2D eigenvalue weighted by molar-refractivity contribution is -0.384. The van der Waals surface area contributed by atoms with Gasteiger partial charge in [0.15, 0.2) is 11.6 Å². The third kappa shape index (κ3) is 3.77. The number of carbonyl (C=O) groups is 1. The van der Waals surface area contributed by atoms with Crippen molar-refractivity contribution in [3.05, 3.63) is 50.5 Å². The van der Waals surface area contributed by atoms with E-state index in [9.17, 15) is 19.3 Å². The number of halogens is 1. The highest BCUT2D eigenvalue weighted by atomic mass is 32.1. The zero-order valence-electron chi connectivity index (χ0n) is 14.1. The summed E-state index contributed by atoms with van der Waals surface area (Å²) in [7, 11) is 1.32. The molecular weight excluding hydrogens is 361 g/mol. The standard InChI is InChI=1S/C17H18FN3O4S/c1-25-16-9-14(15(21(23)24)8-13(16)18)20-5-2-12(3-6-20)19-17(22)11-4-7-26-10-11/h4,7-10,12H,2-3,5-6H2,1H3,(H,19,22). The van der Waals surface area contributed by atoms with Gasteiger partial charge in [0.05, 0.1) is 18.1 Å². The van der Waals surface area contributed by atoms with Crippen LogP contribution in [0.15, 0.2) is 29.0 Å². The van der Waals surface area contributed by atoms with Crippen molar-refractivity contribution < 1.29 is 18.8 Å². The SMILES string of the molecule is COc1cc(N2CCC(NC(=O)c3ccsc3)CC2)c([N+](=O)[O-])cc1F. The maximum Gasteiger partial charge on any atom is 0.295 e. The van der Waals surface area contributed by atoms with Crippen LogP contribution in [0.25, 0.3) is 0 Å². The summed E-state index contributed by atoms with van der Waals surface area (Å²) in [4.78, 5) is 24.6. The highest BCUT2D eigenvalue weighted by molar-refractivity contribution is 7.08. The Morgan fingerprint density at radius 2 is 2.15 bits per heavy atom. The number of hydrogen-bond acceptors (Lipinski definition) is 6. The lowest BCUT2D eigenvalue weighted by Gasteiger charge is -2.33. The van der Waals surface area contributed by atoms with E-state index in [1.807, 2.05) is 10.3 Å². The number of benzene rings is 1. The fraction of sp³-hybridized carbons (Fsp3) is 0.353. The van der Waals surface area contributed by atoms with Gasteiger partial charge in [0.25, 0.3) is 11.6 Å². The minimum absolute atomic E-state index is 0.0000463. The lowest BCUT2D eigenvalue weighted by atomic mass is 10.0. The smallest absolute Gasteiger partial charge is 0.295 e. The topological polar surface area (TPSA) is 84.7 Å². The highest BCUT2D eigenvalue weighted by Crippen LogP contribution is 2.35. The molecule has 9 heteroatoms. The number of amides is 1. The summed E-state index contributed by atoms with van der Waals surface area (Å²) in [5.74, 6) is -0.904. The van der Waals surface area contributed by atoms with Gasteiger partial charge in [-0.25, -0.2) is 4.39 Å². The van der Waals surface area contributed by atoms with Crippen molar-refractivity contribution in [3.8, 4) is 5.75 Å². The molecule has 1 amide bonds. The number of carbonyl (C=O) groups excluding carboxylic acids is 1. The molecule has 1 aromatic heterocycles. The molecule has 138 valence electrons. The maximum absolute atomic E-state index is 13.8. The van der Waals surface area contributed by atoms with E-state index in [0.29, 0.717) is 37.2 Å². The van der Waals surface area contributed by atoms with Crippen LogP contribution in [0.3, 0.4) is 0 Å². The first-order valence-electron chi connectivity index (χ1n) is 8.09. The van der Waals surface area contributed by atoms with E-state index in [0.717, 1.165) is 6.07 Å². The number of hydrogen-bond donors (Lipinski definition) is 1. The zero-order valence-corrected chi connectivity index (χ0v) is 14.9. The van der Waals surface area contributed by atoms with Crippen LogP contribution in [0.2, 0.25) is 0 Å². The van der Waals surface area contributed by atoms with E-state index >= 15 is 0 Å².